The minimum atomic E-state index is -3.14. The SMILES string of the molecule is O=C(CCCO)OC(OC(=O)CCCO)(OC(=O)CCCO)OC(=O)CCCO. The Bertz CT molecular complexity index is 425. The zero-order valence-electron chi connectivity index (χ0n) is 16.0. The first-order valence-electron chi connectivity index (χ1n) is 9.13. The van der Waals surface area contributed by atoms with Gasteiger partial charge in [0.05, 0.1) is 0 Å². The molecule has 0 atom stereocenters. The molecule has 0 spiro atoms. The maximum absolute atomic E-state index is 12.0. The van der Waals surface area contributed by atoms with Crippen LogP contribution in [0.3, 0.4) is 0 Å². The summed E-state index contributed by atoms with van der Waals surface area (Å²) < 4.78 is 19.3. The van der Waals surface area contributed by atoms with E-state index in [0.717, 1.165) is 0 Å². The predicted molar refractivity (Wildman–Crippen MR) is 92.4 cm³/mol. The van der Waals surface area contributed by atoms with E-state index < -0.39 is 30.0 Å². The molecule has 0 amide bonds. The molecule has 0 aromatic heterocycles. The van der Waals surface area contributed by atoms with Crippen molar-refractivity contribution in [2.45, 2.75) is 57.5 Å². The van der Waals surface area contributed by atoms with E-state index in [2.05, 4.69) is 0 Å². The highest BCUT2D eigenvalue weighted by molar-refractivity contribution is 5.75. The fourth-order valence-electron chi connectivity index (χ4n) is 1.78. The van der Waals surface area contributed by atoms with E-state index in [1.54, 1.807) is 0 Å². The average molecular weight is 424 g/mol. The van der Waals surface area contributed by atoms with Crippen LogP contribution in [0.2, 0.25) is 0 Å². The molecule has 4 N–H and O–H groups in total. The van der Waals surface area contributed by atoms with Crippen molar-refractivity contribution in [3.05, 3.63) is 0 Å². The summed E-state index contributed by atoms with van der Waals surface area (Å²) in [6, 6.07) is 0. The number of aliphatic hydroxyl groups excluding tert-OH is 4. The largest absolute Gasteiger partial charge is 0.619 e. The lowest BCUT2D eigenvalue weighted by molar-refractivity contribution is -0.432. The second-order valence-corrected chi connectivity index (χ2v) is 5.70. The van der Waals surface area contributed by atoms with E-state index in [1.807, 2.05) is 0 Å². The first-order valence-corrected chi connectivity index (χ1v) is 9.13. The van der Waals surface area contributed by atoms with Crippen molar-refractivity contribution in [2.24, 2.45) is 0 Å². The first kappa shape index (κ1) is 26.7. The van der Waals surface area contributed by atoms with E-state index in [0.29, 0.717) is 0 Å². The average Bonchev–Trinajstić information content (AvgIpc) is 2.67. The molecule has 12 heteroatoms. The number of hydrogen-bond acceptors (Lipinski definition) is 12. The summed E-state index contributed by atoms with van der Waals surface area (Å²) in [5.74, 6) is -4.39. The Morgan fingerprint density at radius 3 is 0.862 bits per heavy atom. The van der Waals surface area contributed by atoms with Crippen LogP contribution in [0.15, 0.2) is 0 Å². The summed E-state index contributed by atoms with van der Waals surface area (Å²) in [6.07, 6.45) is -4.70. The smallest absolute Gasteiger partial charge is 0.396 e. The number of ether oxygens (including phenoxy) is 4. The molecule has 0 heterocycles. The minimum Gasteiger partial charge on any atom is -0.396 e. The monoisotopic (exact) mass is 424 g/mol. The van der Waals surface area contributed by atoms with E-state index >= 15 is 0 Å². The van der Waals surface area contributed by atoms with Crippen LogP contribution in [0.4, 0.5) is 0 Å². The van der Waals surface area contributed by atoms with Crippen molar-refractivity contribution in [2.75, 3.05) is 26.4 Å². The zero-order valence-corrected chi connectivity index (χ0v) is 16.0. The number of carbonyl (C=O) groups excluding carboxylic acids is 4. The number of aliphatic hydroxyl groups is 4. The van der Waals surface area contributed by atoms with Gasteiger partial charge in [0.2, 0.25) is 0 Å². The summed E-state index contributed by atoms with van der Waals surface area (Å²) in [4.78, 5) is 47.9. The third-order valence-corrected chi connectivity index (χ3v) is 3.11. The van der Waals surface area contributed by atoms with Crippen LogP contribution in [0.1, 0.15) is 51.4 Å². The minimum absolute atomic E-state index is 0.0235. The Balaban J connectivity index is 5.59. The van der Waals surface area contributed by atoms with Crippen LogP contribution in [0.25, 0.3) is 0 Å². The Morgan fingerprint density at radius 2 is 0.690 bits per heavy atom. The molecule has 12 nitrogen and oxygen atoms in total. The summed E-state index contributed by atoms with van der Waals surface area (Å²) in [7, 11) is 0. The van der Waals surface area contributed by atoms with Crippen LogP contribution in [-0.2, 0) is 38.1 Å². The Hall–Kier alpha value is -2.28. The maximum atomic E-state index is 12.0. The number of rotatable bonds is 16. The molecule has 168 valence electrons. The molecule has 0 radical (unpaired) electrons. The van der Waals surface area contributed by atoms with Crippen LogP contribution in [0.5, 0.6) is 0 Å². The third kappa shape index (κ3) is 12.7. The Kier molecular flexibility index (Phi) is 14.4. The molecule has 0 saturated carbocycles. The molecule has 0 unspecified atom stereocenters. The topological polar surface area (TPSA) is 186 Å². The summed E-state index contributed by atoms with van der Waals surface area (Å²) in [6.45, 7) is -1.42. The van der Waals surface area contributed by atoms with Crippen molar-refractivity contribution in [1.29, 1.82) is 0 Å². The van der Waals surface area contributed by atoms with Crippen molar-refractivity contribution >= 4 is 23.9 Å². The summed E-state index contributed by atoms with van der Waals surface area (Å²) in [5, 5.41) is 35.2. The molecule has 0 fully saturated rings. The molecule has 0 aliphatic heterocycles. The van der Waals surface area contributed by atoms with E-state index in [-0.39, 0.29) is 77.8 Å². The number of hydrogen-bond donors (Lipinski definition) is 4. The van der Waals surface area contributed by atoms with Gasteiger partial charge in [0.15, 0.2) is 0 Å². The molecule has 0 aromatic carbocycles. The van der Waals surface area contributed by atoms with Crippen molar-refractivity contribution in [1.82, 2.24) is 0 Å². The highest BCUT2D eigenvalue weighted by Gasteiger charge is 2.49. The molecule has 29 heavy (non-hydrogen) atoms. The van der Waals surface area contributed by atoms with Crippen molar-refractivity contribution < 1.29 is 58.6 Å². The molecule has 0 aliphatic carbocycles. The lowest BCUT2D eigenvalue weighted by atomic mass is 10.3. The third-order valence-electron chi connectivity index (χ3n) is 3.11. The van der Waals surface area contributed by atoms with Gasteiger partial charge in [-0.15, -0.1) is 0 Å². The molecule has 0 saturated heterocycles. The summed E-state index contributed by atoms with van der Waals surface area (Å²) >= 11 is 0. The van der Waals surface area contributed by atoms with Gasteiger partial charge in [-0.1, -0.05) is 0 Å². The Labute approximate surface area is 167 Å². The zero-order chi connectivity index (χ0) is 22.1. The van der Waals surface area contributed by atoms with Crippen molar-refractivity contribution in [3.8, 4) is 0 Å². The summed E-state index contributed by atoms with van der Waals surface area (Å²) in [5.41, 5.74) is 0. The van der Waals surface area contributed by atoms with Crippen LogP contribution in [-0.4, -0.2) is 76.9 Å². The molecular formula is C17H28O12. The standard InChI is InChI=1S/C17H28O12/c18-9-1-5-13(22)26-17(27-14(23)6-2-10-19,28-15(24)7-3-11-20)29-16(25)8-4-12-21/h18-21H,1-12H2. The molecule has 0 aliphatic rings. The van der Waals surface area contributed by atoms with Gasteiger partial charge >= 0.3 is 30.0 Å². The molecule has 0 rings (SSSR count). The molecule has 0 aromatic rings. The van der Waals surface area contributed by atoms with Gasteiger partial charge in [0.25, 0.3) is 0 Å². The second-order valence-electron chi connectivity index (χ2n) is 5.70. The second kappa shape index (κ2) is 15.6. The molecular weight excluding hydrogens is 396 g/mol. The van der Waals surface area contributed by atoms with Crippen LogP contribution < -0.4 is 0 Å². The fourth-order valence-corrected chi connectivity index (χ4v) is 1.78. The predicted octanol–water partition coefficient (Wildman–Crippen LogP) is -1.14. The van der Waals surface area contributed by atoms with Gasteiger partial charge in [-0.3, -0.25) is 19.2 Å². The van der Waals surface area contributed by atoms with Crippen molar-refractivity contribution in [3.63, 3.8) is 0 Å². The van der Waals surface area contributed by atoms with Gasteiger partial charge in [0.1, 0.15) is 0 Å². The maximum Gasteiger partial charge on any atom is 0.619 e. The van der Waals surface area contributed by atoms with Gasteiger partial charge in [0, 0.05) is 52.1 Å². The van der Waals surface area contributed by atoms with Gasteiger partial charge in [-0.2, -0.15) is 0 Å². The van der Waals surface area contributed by atoms with E-state index in [9.17, 15) is 19.2 Å². The first-order chi connectivity index (χ1) is 13.8. The van der Waals surface area contributed by atoms with Crippen LogP contribution >= 0.6 is 0 Å². The van der Waals surface area contributed by atoms with Gasteiger partial charge in [-0.25, -0.2) is 0 Å². The Morgan fingerprint density at radius 1 is 0.483 bits per heavy atom. The van der Waals surface area contributed by atoms with E-state index in [1.165, 1.54) is 0 Å². The van der Waals surface area contributed by atoms with Gasteiger partial charge < -0.3 is 39.4 Å². The lowest BCUT2D eigenvalue weighted by Crippen LogP contribution is -2.48. The normalized spacial score (nSPS) is 10.9. The molecule has 0 bridgehead atoms. The van der Waals surface area contributed by atoms with Crippen LogP contribution in [0, 0.1) is 0 Å². The lowest BCUT2D eigenvalue weighted by Gasteiger charge is -2.29. The van der Waals surface area contributed by atoms with Gasteiger partial charge in [-0.05, 0) is 25.7 Å². The fraction of sp³-hybridized carbons (Fsp3) is 0.765. The van der Waals surface area contributed by atoms with E-state index in [4.69, 9.17) is 39.4 Å². The highest BCUT2D eigenvalue weighted by Crippen LogP contribution is 2.23. The quantitative estimate of drug-likeness (QED) is 0.173. The highest BCUT2D eigenvalue weighted by atomic mass is 17.0. The number of carbonyl (C=O) groups is 4. The number of esters is 4.